The molecule has 0 atom stereocenters. The number of hydrogen-bond donors (Lipinski definition) is 4. The zero-order valence-corrected chi connectivity index (χ0v) is 17.9. The highest BCUT2D eigenvalue weighted by Gasteiger charge is 2.31. The van der Waals surface area contributed by atoms with Gasteiger partial charge in [0.15, 0.2) is 0 Å². The summed E-state index contributed by atoms with van der Waals surface area (Å²) in [5.41, 5.74) is 12.2. The van der Waals surface area contributed by atoms with E-state index in [0.29, 0.717) is 5.56 Å². The fourth-order valence-electron chi connectivity index (χ4n) is 2.70. The summed E-state index contributed by atoms with van der Waals surface area (Å²) >= 11 is 0. The van der Waals surface area contributed by atoms with E-state index in [1.807, 2.05) is 31.2 Å². The third kappa shape index (κ3) is 8.21. The van der Waals surface area contributed by atoms with E-state index < -0.39 is 11.7 Å². The Balaban J connectivity index is 0.00000122. The van der Waals surface area contributed by atoms with Crippen LogP contribution in [0, 0.1) is 17.7 Å². The van der Waals surface area contributed by atoms with Gasteiger partial charge >= 0.3 is 6.18 Å². The van der Waals surface area contributed by atoms with Crippen LogP contribution >= 0.6 is 0 Å². The number of alkyl halides is 3. The van der Waals surface area contributed by atoms with Gasteiger partial charge in [-0.2, -0.15) is 13.2 Å². The molecule has 0 aliphatic rings. The van der Waals surface area contributed by atoms with E-state index >= 15 is 0 Å². The van der Waals surface area contributed by atoms with Crippen LogP contribution in [-0.2, 0) is 19.4 Å². The number of hydrogen-bond acceptors (Lipinski definition) is 4. The Morgan fingerprint density at radius 3 is 1.70 bits per heavy atom. The molecule has 33 heavy (non-hydrogen) atoms. The van der Waals surface area contributed by atoms with Crippen molar-refractivity contribution in [3.63, 3.8) is 0 Å². The molecule has 0 aliphatic heterocycles. The molecule has 0 heterocycles. The maximum Gasteiger partial charge on any atom is 0.416 e. The molecule has 0 unspecified atom stereocenters. The number of halogens is 3. The maximum atomic E-state index is 13.3. The third-order valence-corrected chi connectivity index (χ3v) is 4.40. The molecule has 0 radical (unpaired) electrons. The summed E-state index contributed by atoms with van der Waals surface area (Å²) in [6.07, 6.45) is -3.77. The lowest BCUT2D eigenvalue weighted by atomic mass is 10.1. The van der Waals surface area contributed by atoms with Crippen molar-refractivity contribution in [2.45, 2.75) is 26.3 Å². The van der Waals surface area contributed by atoms with Crippen LogP contribution in [0.5, 0.6) is 11.5 Å². The van der Waals surface area contributed by atoms with Gasteiger partial charge in [0.25, 0.3) is 0 Å². The number of benzene rings is 3. The van der Waals surface area contributed by atoms with Gasteiger partial charge in [0, 0.05) is 11.6 Å². The van der Waals surface area contributed by atoms with Crippen molar-refractivity contribution in [3.05, 3.63) is 94.5 Å². The van der Waals surface area contributed by atoms with Crippen LogP contribution in [-0.4, -0.2) is 12.2 Å². The summed E-state index contributed by atoms with van der Waals surface area (Å²) in [4.78, 5) is 0. The summed E-state index contributed by atoms with van der Waals surface area (Å²) in [6.45, 7) is 2.17. The van der Waals surface area contributed by atoms with E-state index in [0.717, 1.165) is 35.2 Å². The van der Waals surface area contributed by atoms with Crippen LogP contribution in [0.25, 0.3) is 0 Å². The van der Waals surface area contributed by atoms with Gasteiger partial charge < -0.3 is 20.9 Å². The average Bonchev–Trinajstić information content (AvgIpc) is 2.77. The molecule has 0 spiro atoms. The van der Waals surface area contributed by atoms with Gasteiger partial charge in [0.2, 0.25) is 0 Å². The van der Waals surface area contributed by atoms with Gasteiger partial charge in [-0.15, -0.1) is 0 Å². The third-order valence-electron chi connectivity index (χ3n) is 4.40. The van der Waals surface area contributed by atoms with Crippen LogP contribution in [0.1, 0.15) is 27.8 Å². The van der Waals surface area contributed by atoms with Crippen molar-refractivity contribution in [2.75, 3.05) is 0 Å². The molecule has 0 amide bonds. The van der Waals surface area contributed by atoms with E-state index in [2.05, 4.69) is 5.73 Å². The first-order valence-corrected chi connectivity index (χ1v) is 9.80. The van der Waals surface area contributed by atoms with Crippen molar-refractivity contribution in [2.24, 2.45) is 11.5 Å². The molecule has 9 heteroatoms. The van der Waals surface area contributed by atoms with Crippen LogP contribution in [0.4, 0.5) is 13.2 Å². The van der Waals surface area contributed by atoms with Gasteiger partial charge in [-0.25, -0.2) is 0 Å². The van der Waals surface area contributed by atoms with E-state index in [1.54, 1.807) is 24.3 Å². The quantitative estimate of drug-likeness (QED) is 0.294. The minimum atomic E-state index is -4.52. The Hall–Kier alpha value is -4.01. The first kappa shape index (κ1) is 25.3. The Kier molecular flexibility index (Phi) is 8.85. The molecule has 0 bridgehead atoms. The van der Waals surface area contributed by atoms with Crippen LogP contribution in [0.2, 0.25) is 0 Å². The second kappa shape index (κ2) is 11.6. The van der Waals surface area contributed by atoms with Crippen molar-refractivity contribution in [3.8, 4) is 11.5 Å². The first-order chi connectivity index (χ1) is 15.6. The molecule has 3 aromatic carbocycles. The summed E-state index contributed by atoms with van der Waals surface area (Å²) in [5, 5.41) is 13.2. The molecular weight excluding hydrogens is 433 g/mol. The topological polar surface area (TPSA) is 118 Å². The second-order valence-electron chi connectivity index (χ2n) is 7.03. The molecule has 3 aromatic rings. The van der Waals surface area contributed by atoms with Crippen LogP contribution in [0.3, 0.4) is 0 Å². The number of amidine groups is 1. The fourth-order valence-corrected chi connectivity index (χ4v) is 2.70. The molecule has 0 saturated carbocycles. The average molecular weight is 458 g/mol. The fraction of sp³-hybridized carbons (Fsp3) is 0.167. The molecule has 0 fully saturated rings. The van der Waals surface area contributed by atoms with Crippen molar-refractivity contribution in [1.82, 2.24) is 0 Å². The number of nitrogens with one attached hydrogen (secondary N) is 2. The molecule has 6 N–H and O–H groups in total. The molecular formula is C24H25F3N4O2. The standard InChI is InChI=1S/C23H21F3N2O2.CH4N2/c1-15-2-4-16(5-3-15)13-29-20-10-19(23(24,25)26)11-21(12-20)30-14-17-6-8-18(9-7-17)22(27)28;2-1-3/h2-12H,13-14H2,1H3,(H3,27,28);1H,(H3,2,3). The monoisotopic (exact) mass is 458 g/mol. The minimum Gasteiger partial charge on any atom is -0.489 e. The normalized spacial score (nSPS) is 10.5. The van der Waals surface area contributed by atoms with Crippen LogP contribution < -0.4 is 20.9 Å². The molecule has 0 saturated heterocycles. The lowest BCUT2D eigenvalue weighted by molar-refractivity contribution is -0.137. The Bertz CT molecular complexity index is 1070. The molecule has 6 nitrogen and oxygen atoms in total. The summed E-state index contributed by atoms with van der Waals surface area (Å²) in [6, 6.07) is 17.6. The predicted octanol–water partition coefficient (Wildman–Crippen LogP) is 5.01. The molecule has 174 valence electrons. The number of nitrogen functional groups attached to an aromatic ring is 1. The number of rotatable bonds is 7. The zero-order chi connectivity index (χ0) is 24.4. The zero-order valence-electron chi connectivity index (χ0n) is 17.9. The van der Waals surface area contributed by atoms with E-state index in [9.17, 15) is 13.2 Å². The Morgan fingerprint density at radius 2 is 1.30 bits per heavy atom. The van der Waals surface area contributed by atoms with E-state index in [1.165, 1.54) is 6.07 Å². The van der Waals surface area contributed by atoms with Crippen molar-refractivity contribution < 1.29 is 22.6 Å². The highest BCUT2D eigenvalue weighted by atomic mass is 19.4. The lowest BCUT2D eigenvalue weighted by Crippen LogP contribution is -2.10. The van der Waals surface area contributed by atoms with Gasteiger partial charge in [-0.3, -0.25) is 10.8 Å². The minimum absolute atomic E-state index is 0.0550. The summed E-state index contributed by atoms with van der Waals surface area (Å²) in [7, 11) is 0. The number of ether oxygens (including phenoxy) is 2. The molecule has 0 aliphatic carbocycles. The number of aryl methyl sites for hydroxylation is 1. The van der Waals surface area contributed by atoms with Gasteiger partial charge in [0.1, 0.15) is 30.5 Å². The Labute approximate surface area is 190 Å². The molecule has 3 rings (SSSR count). The largest absolute Gasteiger partial charge is 0.489 e. The SMILES string of the molecule is Cc1ccc(COc2cc(OCc3ccc(C(=N)N)cc3)cc(C(F)(F)F)c2)cc1.N=CN. The summed E-state index contributed by atoms with van der Waals surface area (Å²) in [5.74, 6) is 0.0717. The Morgan fingerprint density at radius 1 is 0.879 bits per heavy atom. The number of nitrogens with two attached hydrogens (primary N) is 2. The maximum absolute atomic E-state index is 13.3. The smallest absolute Gasteiger partial charge is 0.416 e. The van der Waals surface area contributed by atoms with Gasteiger partial charge in [-0.05, 0) is 30.2 Å². The van der Waals surface area contributed by atoms with Gasteiger partial charge in [-0.1, -0.05) is 54.1 Å². The second-order valence-corrected chi connectivity index (χ2v) is 7.03. The first-order valence-electron chi connectivity index (χ1n) is 9.80. The highest BCUT2D eigenvalue weighted by Crippen LogP contribution is 2.35. The lowest BCUT2D eigenvalue weighted by Gasteiger charge is -2.14. The van der Waals surface area contributed by atoms with E-state index in [4.69, 9.17) is 26.0 Å². The molecule has 0 aromatic heterocycles. The van der Waals surface area contributed by atoms with Crippen molar-refractivity contribution in [1.29, 1.82) is 10.8 Å². The predicted molar refractivity (Wildman–Crippen MR) is 122 cm³/mol. The van der Waals surface area contributed by atoms with E-state index in [-0.39, 0.29) is 30.5 Å². The van der Waals surface area contributed by atoms with Gasteiger partial charge in [0.05, 0.1) is 11.9 Å². The highest BCUT2D eigenvalue weighted by molar-refractivity contribution is 5.94. The summed E-state index contributed by atoms with van der Waals surface area (Å²) < 4.78 is 51.0. The van der Waals surface area contributed by atoms with Crippen LogP contribution in [0.15, 0.2) is 66.7 Å². The van der Waals surface area contributed by atoms with Crippen molar-refractivity contribution >= 4 is 12.2 Å².